The van der Waals surface area contributed by atoms with Crippen LogP contribution < -0.4 is 5.32 Å². The molecule has 0 aliphatic heterocycles. The molecular formula is C29H25NO3. The van der Waals surface area contributed by atoms with E-state index in [0.717, 1.165) is 45.5 Å². The summed E-state index contributed by atoms with van der Waals surface area (Å²) in [4.78, 5) is 23.8. The van der Waals surface area contributed by atoms with Crippen LogP contribution >= 0.6 is 0 Å². The van der Waals surface area contributed by atoms with Crippen molar-refractivity contribution < 1.29 is 14.7 Å². The van der Waals surface area contributed by atoms with E-state index in [1.807, 2.05) is 91.0 Å². The average Bonchev–Trinajstić information content (AvgIpc) is 2.83. The predicted octanol–water partition coefficient (Wildman–Crippen LogP) is 5.51. The molecule has 164 valence electrons. The molecule has 1 amide bonds. The van der Waals surface area contributed by atoms with Gasteiger partial charge >= 0.3 is 5.97 Å². The Balaban J connectivity index is 1.64. The first kappa shape index (κ1) is 22.0. The topological polar surface area (TPSA) is 66.4 Å². The first-order valence-corrected chi connectivity index (χ1v) is 10.9. The third-order valence-corrected chi connectivity index (χ3v) is 5.54. The number of aliphatic carboxylic acids is 1. The average molecular weight is 436 g/mol. The van der Waals surface area contributed by atoms with E-state index < -0.39 is 5.97 Å². The summed E-state index contributed by atoms with van der Waals surface area (Å²) in [7, 11) is 0. The smallest absolute Gasteiger partial charge is 0.328 e. The highest BCUT2D eigenvalue weighted by molar-refractivity contribution is 6.01. The number of rotatable bonds is 8. The van der Waals surface area contributed by atoms with E-state index in [2.05, 4.69) is 5.32 Å². The fourth-order valence-electron chi connectivity index (χ4n) is 3.99. The second-order valence-electron chi connectivity index (χ2n) is 7.88. The van der Waals surface area contributed by atoms with Crippen molar-refractivity contribution in [3.8, 4) is 11.1 Å². The second-order valence-corrected chi connectivity index (χ2v) is 7.88. The van der Waals surface area contributed by atoms with Gasteiger partial charge in [0.25, 0.3) is 0 Å². The van der Waals surface area contributed by atoms with Crippen LogP contribution in [0, 0.1) is 0 Å². The van der Waals surface area contributed by atoms with Gasteiger partial charge in [-0.1, -0.05) is 84.9 Å². The van der Waals surface area contributed by atoms with Crippen molar-refractivity contribution >= 4 is 28.7 Å². The van der Waals surface area contributed by atoms with Gasteiger partial charge in [0.15, 0.2) is 0 Å². The standard InChI is InChI=1S/C29H25NO3/c31-28(30-17-16-21-8-3-1-4-9-21)20-24-18-22(14-15-29(32)33)19-27-25(12-7-13-26(24)27)23-10-5-2-6-11-23/h1-15,18-19H,16-17,20H2,(H,30,31)(H,32,33)/b15-14+. The molecule has 0 fully saturated rings. The highest BCUT2D eigenvalue weighted by Crippen LogP contribution is 2.32. The minimum absolute atomic E-state index is 0.0586. The minimum atomic E-state index is -1.01. The Hall–Kier alpha value is -4.18. The first-order chi connectivity index (χ1) is 16.1. The van der Waals surface area contributed by atoms with Gasteiger partial charge in [-0.15, -0.1) is 0 Å². The van der Waals surface area contributed by atoms with Crippen LogP contribution in [0.1, 0.15) is 16.7 Å². The van der Waals surface area contributed by atoms with Crippen molar-refractivity contribution in [3.05, 3.63) is 114 Å². The Morgan fingerprint density at radius 2 is 1.55 bits per heavy atom. The van der Waals surface area contributed by atoms with Crippen molar-refractivity contribution in [3.63, 3.8) is 0 Å². The molecule has 4 nitrogen and oxygen atoms in total. The maximum Gasteiger partial charge on any atom is 0.328 e. The molecular weight excluding hydrogens is 410 g/mol. The molecule has 0 heterocycles. The molecule has 4 rings (SSSR count). The molecule has 0 aliphatic carbocycles. The van der Waals surface area contributed by atoms with Crippen LogP contribution in [0.3, 0.4) is 0 Å². The molecule has 0 saturated carbocycles. The Bertz CT molecular complexity index is 1290. The molecule has 4 aromatic rings. The third-order valence-electron chi connectivity index (χ3n) is 5.54. The van der Waals surface area contributed by atoms with Crippen molar-refractivity contribution in [2.24, 2.45) is 0 Å². The van der Waals surface area contributed by atoms with Crippen molar-refractivity contribution in [2.45, 2.75) is 12.8 Å². The SMILES string of the molecule is O=C(O)/C=C/c1cc(CC(=O)NCCc2ccccc2)c2cccc(-c3ccccc3)c2c1. The van der Waals surface area contributed by atoms with Crippen LogP contribution in [-0.4, -0.2) is 23.5 Å². The normalized spacial score (nSPS) is 11.0. The van der Waals surface area contributed by atoms with Crippen LogP contribution in [0.25, 0.3) is 28.0 Å². The molecule has 2 N–H and O–H groups in total. The van der Waals surface area contributed by atoms with Crippen LogP contribution in [0.5, 0.6) is 0 Å². The number of hydrogen-bond donors (Lipinski definition) is 2. The molecule has 0 radical (unpaired) electrons. The van der Waals surface area contributed by atoms with Crippen LogP contribution in [0.2, 0.25) is 0 Å². The highest BCUT2D eigenvalue weighted by atomic mass is 16.4. The summed E-state index contributed by atoms with van der Waals surface area (Å²) in [5.74, 6) is -1.07. The van der Waals surface area contributed by atoms with Crippen molar-refractivity contribution in [2.75, 3.05) is 6.54 Å². The van der Waals surface area contributed by atoms with Gasteiger partial charge in [0, 0.05) is 12.6 Å². The fourth-order valence-corrected chi connectivity index (χ4v) is 3.99. The number of benzene rings is 4. The number of carbonyl (C=O) groups is 2. The lowest BCUT2D eigenvalue weighted by Crippen LogP contribution is -2.27. The van der Waals surface area contributed by atoms with E-state index in [1.165, 1.54) is 5.56 Å². The van der Waals surface area contributed by atoms with E-state index in [4.69, 9.17) is 5.11 Å². The lowest BCUT2D eigenvalue weighted by Gasteiger charge is -2.13. The quantitative estimate of drug-likeness (QED) is 0.359. The van der Waals surface area contributed by atoms with E-state index in [9.17, 15) is 9.59 Å². The summed E-state index contributed by atoms with van der Waals surface area (Å²) in [6.45, 7) is 0.564. The van der Waals surface area contributed by atoms with Crippen LogP contribution in [0.15, 0.2) is 97.1 Å². The van der Waals surface area contributed by atoms with Crippen LogP contribution in [0.4, 0.5) is 0 Å². The van der Waals surface area contributed by atoms with Crippen LogP contribution in [-0.2, 0) is 22.4 Å². The van der Waals surface area contributed by atoms with E-state index in [1.54, 1.807) is 6.08 Å². The number of nitrogens with one attached hydrogen (secondary N) is 1. The van der Waals surface area contributed by atoms with Crippen molar-refractivity contribution in [1.29, 1.82) is 0 Å². The second kappa shape index (κ2) is 10.4. The summed E-state index contributed by atoms with van der Waals surface area (Å²) in [6, 6.07) is 30.0. The van der Waals surface area contributed by atoms with E-state index in [-0.39, 0.29) is 12.3 Å². The van der Waals surface area contributed by atoms with E-state index >= 15 is 0 Å². The number of carboxylic acid groups (broad SMARTS) is 1. The summed E-state index contributed by atoms with van der Waals surface area (Å²) >= 11 is 0. The number of amides is 1. The van der Waals surface area contributed by atoms with Gasteiger partial charge in [-0.3, -0.25) is 4.79 Å². The summed E-state index contributed by atoms with van der Waals surface area (Å²) in [6.07, 6.45) is 3.68. The largest absolute Gasteiger partial charge is 0.478 e. The molecule has 0 atom stereocenters. The molecule has 33 heavy (non-hydrogen) atoms. The molecule has 0 aromatic heterocycles. The Morgan fingerprint density at radius 1 is 0.818 bits per heavy atom. The zero-order valence-electron chi connectivity index (χ0n) is 18.2. The maximum absolute atomic E-state index is 12.8. The summed E-state index contributed by atoms with van der Waals surface area (Å²) < 4.78 is 0. The Kier molecular flexibility index (Phi) is 6.96. The fraction of sp³-hybridized carbons (Fsp3) is 0.103. The predicted molar refractivity (Wildman–Crippen MR) is 133 cm³/mol. The Labute approximate surface area is 193 Å². The number of fused-ring (bicyclic) bond motifs is 1. The molecule has 4 aromatic carbocycles. The molecule has 0 spiro atoms. The van der Waals surface area contributed by atoms with Crippen molar-refractivity contribution in [1.82, 2.24) is 5.32 Å². The van der Waals surface area contributed by atoms with Gasteiger partial charge in [0.1, 0.15) is 0 Å². The number of carbonyl (C=O) groups excluding carboxylic acids is 1. The maximum atomic E-state index is 12.8. The van der Waals surface area contributed by atoms with Gasteiger partial charge in [-0.25, -0.2) is 4.79 Å². The molecule has 0 unspecified atom stereocenters. The molecule has 4 heteroatoms. The van der Waals surface area contributed by atoms with E-state index in [0.29, 0.717) is 6.54 Å². The minimum Gasteiger partial charge on any atom is -0.478 e. The molecule has 0 bridgehead atoms. The zero-order valence-corrected chi connectivity index (χ0v) is 18.2. The van der Waals surface area contributed by atoms with Gasteiger partial charge in [0.05, 0.1) is 6.42 Å². The molecule has 0 saturated heterocycles. The lowest BCUT2D eigenvalue weighted by molar-refractivity contribution is -0.131. The van der Waals surface area contributed by atoms with Gasteiger partial charge < -0.3 is 10.4 Å². The first-order valence-electron chi connectivity index (χ1n) is 10.9. The Morgan fingerprint density at radius 3 is 2.27 bits per heavy atom. The number of hydrogen-bond acceptors (Lipinski definition) is 2. The van der Waals surface area contributed by atoms with Gasteiger partial charge in [-0.2, -0.15) is 0 Å². The van der Waals surface area contributed by atoms with Gasteiger partial charge in [0.2, 0.25) is 5.91 Å². The molecule has 0 aliphatic rings. The highest BCUT2D eigenvalue weighted by Gasteiger charge is 2.12. The monoisotopic (exact) mass is 435 g/mol. The summed E-state index contributed by atoms with van der Waals surface area (Å²) in [5, 5.41) is 14.1. The summed E-state index contributed by atoms with van der Waals surface area (Å²) in [5.41, 5.74) is 4.91. The lowest BCUT2D eigenvalue weighted by atomic mass is 9.92. The number of carboxylic acids is 1. The van der Waals surface area contributed by atoms with Gasteiger partial charge in [-0.05, 0) is 57.2 Å². The third kappa shape index (κ3) is 5.74. The zero-order chi connectivity index (χ0) is 23.0.